The Bertz CT molecular complexity index is 700. The first-order valence-corrected chi connectivity index (χ1v) is 6.61. The maximum atomic E-state index is 12.0. The second kappa shape index (κ2) is 4.68. The number of H-pyrrole nitrogens is 1. The topological polar surface area (TPSA) is 98.6 Å². The monoisotopic (exact) mass is 282 g/mol. The molecule has 2 aromatic rings. The zero-order valence-corrected chi connectivity index (χ0v) is 10.5. The number of aromatic amines is 1. The van der Waals surface area contributed by atoms with Gasteiger partial charge in [-0.3, -0.25) is 9.82 Å². The molecule has 0 saturated carbocycles. The van der Waals surface area contributed by atoms with Crippen molar-refractivity contribution in [2.75, 3.05) is 4.72 Å². The molecular weight excluding hydrogens is 276 g/mol. The van der Waals surface area contributed by atoms with Crippen LogP contribution in [0, 0.1) is 11.3 Å². The molecule has 0 radical (unpaired) electrons. The lowest BCUT2D eigenvalue weighted by Crippen LogP contribution is -2.13. The molecule has 0 amide bonds. The van der Waals surface area contributed by atoms with Gasteiger partial charge in [-0.1, -0.05) is 11.6 Å². The lowest BCUT2D eigenvalue weighted by molar-refractivity contribution is 0.601. The molecule has 0 saturated heterocycles. The van der Waals surface area contributed by atoms with Crippen molar-refractivity contribution in [1.29, 1.82) is 5.26 Å². The van der Waals surface area contributed by atoms with Crippen molar-refractivity contribution in [3.8, 4) is 6.07 Å². The average Bonchev–Trinajstić information content (AvgIpc) is 2.76. The summed E-state index contributed by atoms with van der Waals surface area (Å²) in [7, 11) is -3.76. The predicted octanol–water partition coefficient (Wildman–Crippen LogP) is 1.74. The summed E-state index contributed by atoms with van der Waals surface area (Å²) in [5.74, 6) is 0.0347. The van der Waals surface area contributed by atoms with Gasteiger partial charge < -0.3 is 0 Å². The third-order valence-electron chi connectivity index (χ3n) is 2.12. The number of benzene rings is 1. The minimum absolute atomic E-state index is 0.0347. The van der Waals surface area contributed by atoms with E-state index in [-0.39, 0.29) is 16.3 Å². The number of hydrogen-bond acceptors (Lipinski definition) is 4. The Morgan fingerprint density at radius 2 is 2.00 bits per heavy atom. The van der Waals surface area contributed by atoms with Crippen LogP contribution in [-0.2, 0) is 10.0 Å². The molecule has 0 bridgehead atoms. The molecule has 18 heavy (non-hydrogen) atoms. The van der Waals surface area contributed by atoms with Crippen molar-refractivity contribution in [2.24, 2.45) is 0 Å². The lowest BCUT2D eigenvalue weighted by atomic mass is 10.4. The van der Waals surface area contributed by atoms with Crippen LogP contribution in [0.25, 0.3) is 0 Å². The van der Waals surface area contributed by atoms with E-state index in [1.165, 1.54) is 30.5 Å². The molecule has 0 aliphatic rings. The Morgan fingerprint density at radius 1 is 1.33 bits per heavy atom. The number of anilines is 1. The fourth-order valence-electron chi connectivity index (χ4n) is 1.26. The van der Waals surface area contributed by atoms with Crippen molar-refractivity contribution >= 4 is 27.4 Å². The van der Waals surface area contributed by atoms with Gasteiger partial charge in [-0.05, 0) is 24.3 Å². The maximum Gasteiger partial charge on any atom is 0.263 e. The summed E-state index contributed by atoms with van der Waals surface area (Å²) in [6.45, 7) is 0. The summed E-state index contributed by atoms with van der Waals surface area (Å²) in [6.07, 6.45) is 1.24. The fraction of sp³-hybridized carbons (Fsp3) is 0. The Balaban J connectivity index is 2.34. The lowest BCUT2D eigenvalue weighted by Gasteiger charge is -2.06. The SMILES string of the molecule is N#Cc1cn[nH]c1NS(=O)(=O)c1ccc(Cl)cc1. The van der Waals surface area contributed by atoms with Gasteiger partial charge in [0.05, 0.1) is 11.1 Å². The van der Waals surface area contributed by atoms with Crippen LogP contribution in [0.15, 0.2) is 35.4 Å². The van der Waals surface area contributed by atoms with Gasteiger partial charge >= 0.3 is 0 Å². The van der Waals surface area contributed by atoms with E-state index in [1.807, 2.05) is 6.07 Å². The number of rotatable bonds is 3. The Kier molecular flexibility index (Phi) is 3.23. The minimum Gasteiger partial charge on any atom is -0.263 e. The largest absolute Gasteiger partial charge is 0.263 e. The normalized spacial score (nSPS) is 10.9. The van der Waals surface area contributed by atoms with E-state index in [0.717, 1.165) is 0 Å². The van der Waals surface area contributed by atoms with Gasteiger partial charge in [0.1, 0.15) is 11.6 Å². The second-order valence-electron chi connectivity index (χ2n) is 3.33. The highest BCUT2D eigenvalue weighted by Crippen LogP contribution is 2.18. The Morgan fingerprint density at radius 3 is 2.61 bits per heavy atom. The van der Waals surface area contributed by atoms with Gasteiger partial charge in [-0.25, -0.2) is 8.42 Å². The number of nitrogens with zero attached hydrogens (tertiary/aromatic N) is 2. The third kappa shape index (κ3) is 2.45. The second-order valence-corrected chi connectivity index (χ2v) is 5.45. The molecule has 0 atom stereocenters. The van der Waals surface area contributed by atoms with Gasteiger partial charge in [-0.15, -0.1) is 0 Å². The van der Waals surface area contributed by atoms with Gasteiger partial charge in [0.2, 0.25) is 0 Å². The molecule has 6 nitrogen and oxygen atoms in total. The van der Waals surface area contributed by atoms with E-state index < -0.39 is 10.0 Å². The molecule has 92 valence electrons. The van der Waals surface area contributed by atoms with E-state index in [1.54, 1.807) is 0 Å². The van der Waals surface area contributed by atoms with Crippen LogP contribution >= 0.6 is 11.6 Å². The number of sulfonamides is 1. The van der Waals surface area contributed by atoms with Crippen molar-refractivity contribution in [3.05, 3.63) is 41.0 Å². The fourth-order valence-corrected chi connectivity index (χ4v) is 2.42. The molecule has 0 fully saturated rings. The summed E-state index contributed by atoms with van der Waals surface area (Å²) in [5.41, 5.74) is 0.118. The van der Waals surface area contributed by atoms with Crippen LogP contribution < -0.4 is 4.72 Å². The predicted molar refractivity (Wildman–Crippen MR) is 65.6 cm³/mol. The summed E-state index contributed by atoms with van der Waals surface area (Å²) in [6, 6.07) is 7.49. The Labute approximate surface area is 108 Å². The molecule has 2 N–H and O–H groups in total. The molecule has 8 heteroatoms. The first-order valence-electron chi connectivity index (χ1n) is 4.75. The smallest absolute Gasteiger partial charge is 0.263 e. The highest BCUT2D eigenvalue weighted by atomic mass is 35.5. The number of aromatic nitrogens is 2. The van der Waals surface area contributed by atoms with Crippen LogP contribution in [0.4, 0.5) is 5.82 Å². The van der Waals surface area contributed by atoms with E-state index in [2.05, 4.69) is 14.9 Å². The van der Waals surface area contributed by atoms with Crippen molar-refractivity contribution < 1.29 is 8.42 Å². The number of nitrogens with one attached hydrogen (secondary N) is 2. The average molecular weight is 283 g/mol. The van der Waals surface area contributed by atoms with E-state index in [9.17, 15) is 8.42 Å². The molecule has 1 heterocycles. The summed E-state index contributed by atoms with van der Waals surface area (Å²) < 4.78 is 26.2. The van der Waals surface area contributed by atoms with Gasteiger partial charge in [0, 0.05) is 5.02 Å². The minimum atomic E-state index is -3.76. The van der Waals surface area contributed by atoms with Gasteiger partial charge in [0.25, 0.3) is 10.0 Å². The molecule has 1 aromatic heterocycles. The van der Waals surface area contributed by atoms with Crippen LogP contribution in [0.5, 0.6) is 0 Å². The van der Waals surface area contributed by atoms with Crippen molar-refractivity contribution in [2.45, 2.75) is 4.90 Å². The summed E-state index contributed by atoms with van der Waals surface area (Å²) in [5, 5.41) is 15.2. The molecule has 0 aliphatic carbocycles. The zero-order chi connectivity index (χ0) is 13.2. The molecule has 0 aliphatic heterocycles. The zero-order valence-electron chi connectivity index (χ0n) is 8.88. The first-order chi connectivity index (χ1) is 8.53. The Hall–Kier alpha value is -2.04. The van der Waals surface area contributed by atoms with Gasteiger partial charge in [-0.2, -0.15) is 10.4 Å². The molecule has 1 aromatic carbocycles. The third-order valence-corrected chi connectivity index (χ3v) is 3.74. The molecule has 0 spiro atoms. The van der Waals surface area contributed by atoms with Gasteiger partial charge in [0.15, 0.2) is 5.82 Å². The van der Waals surface area contributed by atoms with Crippen LogP contribution in [-0.4, -0.2) is 18.6 Å². The molecular formula is C10H7ClN4O2S. The summed E-state index contributed by atoms with van der Waals surface area (Å²) in [4.78, 5) is 0.0467. The van der Waals surface area contributed by atoms with Crippen molar-refractivity contribution in [1.82, 2.24) is 10.2 Å². The van der Waals surface area contributed by atoms with E-state index >= 15 is 0 Å². The van der Waals surface area contributed by atoms with E-state index in [0.29, 0.717) is 5.02 Å². The number of hydrogen-bond donors (Lipinski definition) is 2. The first kappa shape index (κ1) is 12.4. The standard InChI is InChI=1S/C10H7ClN4O2S/c11-8-1-3-9(4-2-8)18(16,17)15-10-7(5-12)6-13-14-10/h1-4,6H,(H2,13,14,15). The number of nitriles is 1. The molecule has 0 unspecified atom stereocenters. The van der Waals surface area contributed by atoms with E-state index in [4.69, 9.17) is 16.9 Å². The van der Waals surface area contributed by atoms with Crippen LogP contribution in [0.2, 0.25) is 5.02 Å². The van der Waals surface area contributed by atoms with Crippen LogP contribution in [0.3, 0.4) is 0 Å². The highest BCUT2D eigenvalue weighted by Gasteiger charge is 2.16. The quantitative estimate of drug-likeness (QED) is 0.895. The van der Waals surface area contributed by atoms with Crippen molar-refractivity contribution in [3.63, 3.8) is 0 Å². The summed E-state index contributed by atoms with van der Waals surface area (Å²) >= 11 is 5.68. The highest BCUT2D eigenvalue weighted by molar-refractivity contribution is 7.92. The maximum absolute atomic E-state index is 12.0. The molecule has 2 rings (SSSR count). The van der Waals surface area contributed by atoms with Crippen LogP contribution in [0.1, 0.15) is 5.56 Å². The number of halogens is 1.